The van der Waals surface area contributed by atoms with Crippen LogP contribution in [0.3, 0.4) is 0 Å². The zero-order valence-corrected chi connectivity index (χ0v) is 13.5. The second-order valence-electron chi connectivity index (χ2n) is 4.92. The van der Waals surface area contributed by atoms with Crippen molar-refractivity contribution in [3.8, 4) is 5.75 Å². The summed E-state index contributed by atoms with van der Waals surface area (Å²) in [5.41, 5.74) is 1.19. The van der Waals surface area contributed by atoms with Gasteiger partial charge in [0.2, 0.25) is 0 Å². The maximum atomic E-state index is 5.37. The molecule has 118 valence electrons. The van der Waals surface area contributed by atoms with Gasteiger partial charge < -0.3 is 15.0 Å². The highest BCUT2D eigenvalue weighted by molar-refractivity contribution is 5.48. The first-order chi connectivity index (χ1) is 10.8. The first-order valence-corrected chi connectivity index (χ1v) is 7.71. The van der Waals surface area contributed by atoms with Gasteiger partial charge >= 0.3 is 0 Å². The normalized spacial score (nSPS) is 10.3. The molecular formula is C17H24N4O. The molecule has 22 heavy (non-hydrogen) atoms. The quantitative estimate of drug-likeness (QED) is 0.812. The molecule has 1 aromatic heterocycles. The number of benzene rings is 1. The lowest BCUT2D eigenvalue weighted by Gasteiger charge is -2.19. The van der Waals surface area contributed by atoms with E-state index in [1.54, 1.807) is 13.4 Å². The predicted molar refractivity (Wildman–Crippen MR) is 90.8 cm³/mol. The minimum atomic E-state index is 0.801. The van der Waals surface area contributed by atoms with Gasteiger partial charge in [-0.25, -0.2) is 9.97 Å². The van der Waals surface area contributed by atoms with Crippen molar-refractivity contribution < 1.29 is 4.74 Å². The lowest BCUT2D eigenvalue weighted by atomic mass is 10.1. The van der Waals surface area contributed by atoms with Crippen LogP contribution in [0.4, 0.5) is 11.6 Å². The zero-order chi connectivity index (χ0) is 15.8. The Labute approximate surface area is 132 Å². The fraction of sp³-hybridized carbons (Fsp3) is 0.412. The Balaban J connectivity index is 1.96. The Morgan fingerprint density at radius 2 is 1.91 bits per heavy atom. The molecule has 0 aliphatic carbocycles. The number of anilines is 2. The summed E-state index contributed by atoms with van der Waals surface area (Å²) in [5, 5.41) is 3.35. The van der Waals surface area contributed by atoms with Crippen LogP contribution in [0.15, 0.2) is 36.7 Å². The lowest BCUT2D eigenvalue weighted by molar-refractivity contribution is 0.410. The van der Waals surface area contributed by atoms with E-state index in [4.69, 9.17) is 4.74 Å². The molecule has 0 unspecified atom stereocenters. The van der Waals surface area contributed by atoms with E-state index in [0.717, 1.165) is 43.4 Å². The highest BCUT2D eigenvalue weighted by Gasteiger charge is 2.05. The van der Waals surface area contributed by atoms with Crippen LogP contribution >= 0.6 is 0 Å². The van der Waals surface area contributed by atoms with Crippen LogP contribution < -0.4 is 15.0 Å². The number of ether oxygens (including phenoxy) is 1. The fourth-order valence-electron chi connectivity index (χ4n) is 2.40. The van der Waals surface area contributed by atoms with Crippen molar-refractivity contribution in [2.45, 2.75) is 20.3 Å². The number of hydrogen-bond donors (Lipinski definition) is 1. The van der Waals surface area contributed by atoms with Gasteiger partial charge in [0.15, 0.2) is 0 Å². The Morgan fingerprint density at radius 1 is 1.14 bits per heavy atom. The third-order valence-corrected chi connectivity index (χ3v) is 3.63. The van der Waals surface area contributed by atoms with E-state index in [1.165, 1.54) is 5.56 Å². The van der Waals surface area contributed by atoms with Crippen LogP contribution in [0.25, 0.3) is 0 Å². The number of aromatic nitrogens is 2. The maximum Gasteiger partial charge on any atom is 0.134 e. The van der Waals surface area contributed by atoms with Gasteiger partial charge in [-0.1, -0.05) is 18.2 Å². The molecular weight excluding hydrogens is 276 g/mol. The predicted octanol–water partition coefficient (Wildman–Crippen LogP) is 2.99. The molecule has 0 bridgehead atoms. The summed E-state index contributed by atoms with van der Waals surface area (Å²) in [6, 6.07) is 10.1. The molecule has 0 atom stereocenters. The molecule has 0 radical (unpaired) electrons. The molecule has 0 saturated carbocycles. The Kier molecular flexibility index (Phi) is 6.01. The van der Waals surface area contributed by atoms with Crippen molar-refractivity contribution in [2.24, 2.45) is 0 Å². The van der Waals surface area contributed by atoms with E-state index in [-0.39, 0.29) is 0 Å². The van der Waals surface area contributed by atoms with E-state index in [2.05, 4.69) is 40.1 Å². The van der Waals surface area contributed by atoms with Crippen molar-refractivity contribution in [3.05, 3.63) is 42.2 Å². The molecule has 5 nitrogen and oxygen atoms in total. The topological polar surface area (TPSA) is 50.3 Å². The molecule has 1 N–H and O–H groups in total. The number of nitrogens with one attached hydrogen (secondary N) is 1. The summed E-state index contributed by atoms with van der Waals surface area (Å²) < 4.78 is 5.37. The van der Waals surface area contributed by atoms with E-state index < -0.39 is 0 Å². The second kappa shape index (κ2) is 8.22. The van der Waals surface area contributed by atoms with Crippen molar-refractivity contribution >= 4 is 11.6 Å². The third-order valence-electron chi connectivity index (χ3n) is 3.63. The number of rotatable bonds is 8. The molecule has 2 rings (SSSR count). The van der Waals surface area contributed by atoms with Crippen molar-refractivity contribution in [2.75, 3.05) is 37.0 Å². The highest BCUT2D eigenvalue weighted by Crippen LogP contribution is 2.18. The van der Waals surface area contributed by atoms with E-state index in [0.29, 0.717) is 0 Å². The number of methoxy groups -OCH3 is 1. The second-order valence-corrected chi connectivity index (χ2v) is 4.92. The van der Waals surface area contributed by atoms with Gasteiger partial charge in [-0.2, -0.15) is 0 Å². The Bertz CT molecular complexity index is 584. The molecule has 0 spiro atoms. The van der Waals surface area contributed by atoms with Crippen molar-refractivity contribution in [3.63, 3.8) is 0 Å². The van der Waals surface area contributed by atoms with Crippen LogP contribution in [-0.2, 0) is 6.42 Å². The smallest absolute Gasteiger partial charge is 0.134 e. The summed E-state index contributed by atoms with van der Waals surface area (Å²) in [5.74, 6) is 2.74. The number of hydrogen-bond acceptors (Lipinski definition) is 5. The zero-order valence-electron chi connectivity index (χ0n) is 13.5. The van der Waals surface area contributed by atoms with Gasteiger partial charge in [0, 0.05) is 25.7 Å². The van der Waals surface area contributed by atoms with Gasteiger partial charge in [-0.3, -0.25) is 0 Å². The molecule has 1 aromatic carbocycles. The average Bonchev–Trinajstić information content (AvgIpc) is 2.57. The Morgan fingerprint density at radius 3 is 2.64 bits per heavy atom. The van der Waals surface area contributed by atoms with Gasteiger partial charge in [0.05, 0.1) is 7.11 Å². The fourth-order valence-corrected chi connectivity index (χ4v) is 2.40. The van der Waals surface area contributed by atoms with Crippen molar-refractivity contribution in [1.82, 2.24) is 9.97 Å². The molecule has 0 aliphatic rings. The largest absolute Gasteiger partial charge is 0.496 e. The number of para-hydroxylation sites is 1. The molecule has 0 saturated heterocycles. The Hall–Kier alpha value is -2.30. The van der Waals surface area contributed by atoms with Crippen LogP contribution in [0.2, 0.25) is 0 Å². The van der Waals surface area contributed by atoms with Crippen LogP contribution in [0, 0.1) is 0 Å². The lowest BCUT2D eigenvalue weighted by Crippen LogP contribution is -2.23. The third kappa shape index (κ3) is 4.10. The van der Waals surface area contributed by atoms with Gasteiger partial charge in [-0.15, -0.1) is 0 Å². The minimum absolute atomic E-state index is 0.801. The molecule has 2 aromatic rings. The standard InChI is InChI=1S/C17H24N4O/c1-4-21(5-2)17-12-16(19-13-20-17)18-11-10-14-8-6-7-9-15(14)22-3/h6-9,12-13H,4-5,10-11H2,1-3H3,(H,18,19,20). The van der Waals surface area contributed by atoms with Gasteiger partial charge in [0.25, 0.3) is 0 Å². The van der Waals surface area contributed by atoms with Crippen LogP contribution in [0.1, 0.15) is 19.4 Å². The summed E-state index contributed by atoms with van der Waals surface area (Å²) in [6.45, 7) is 6.93. The summed E-state index contributed by atoms with van der Waals surface area (Å²) in [7, 11) is 1.70. The molecule has 0 amide bonds. The molecule has 0 fully saturated rings. The molecule has 0 aliphatic heterocycles. The minimum Gasteiger partial charge on any atom is -0.496 e. The van der Waals surface area contributed by atoms with E-state index in [9.17, 15) is 0 Å². The monoisotopic (exact) mass is 300 g/mol. The average molecular weight is 300 g/mol. The summed E-state index contributed by atoms with van der Waals surface area (Å²) >= 11 is 0. The highest BCUT2D eigenvalue weighted by atomic mass is 16.5. The van der Waals surface area contributed by atoms with Gasteiger partial charge in [0.1, 0.15) is 23.7 Å². The van der Waals surface area contributed by atoms with Crippen LogP contribution in [0.5, 0.6) is 5.75 Å². The summed E-state index contributed by atoms with van der Waals surface area (Å²) in [6.07, 6.45) is 2.49. The SMILES string of the molecule is CCN(CC)c1cc(NCCc2ccccc2OC)ncn1. The van der Waals surface area contributed by atoms with Crippen molar-refractivity contribution in [1.29, 1.82) is 0 Å². The maximum absolute atomic E-state index is 5.37. The van der Waals surface area contributed by atoms with E-state index in [1.807, 2.05) is 24.3 Å². The van der Waals surface area contributed by atoms with Crippen LogP contribution in [-0.4, -0.2) is 36.7 Å². The number of nitrogens with zero attached hydrogens (tertiary/aromatic N) is 3. The van der Waals surface area contributed by atoms with Gasteiger partial charge in [-0.05, 0) is 31.9 Å². The van der Waals surface area contributed by atoms with E-state index >= 15 is 0 Å². The molecule has 1 heterocycles. The molecule has 5 heteroatoms. The summed E-state index contributed by atoms with van der Waals surface area (Å²) in [4.78, 5) is 10.8. The first-order valence-electron chi connectivity index (χ1n) is 7.71. The first kappa shape index (κ1) is 16.1.